The quantitative estimate of drug-likeness (QED) is 0.807. The summed E-state index contributed by atoms with van der Waals surface area (Å²) in [4.78, 5) is 21.4. The number of aromatic carboxylic acids is 1. The molecule has 0 aromatic carbocycles. The molecule has 18 heavy (non-hydrogen) atoms. The first-order valence-corrected chi connectivity index (χ1v) is 6.25. The van der Waals surface area contributed by atoms with E-state index in [1.165, 1.54) is 22.7 Å². The number of rotatable bonds is 2. The molecule has 0 spiro atoms. The van der Waals surface area contributed by atoms with Crippen LogP contribution in [0.15, 0.2) is 35.0 Å². The highest BCUT2D eigenvalue weighted by Gasteiger charge is 1.99. The summed E-state index contributed by atoms with van der Waals surface area (Å²) in [5.41, 5.74) is 0. The summed E-state index contributed by atoms with van der Waals surface area (Å²) in [6, 6.07) is 6.78. The first-order chi connectivity index (χ1) is 7.61. The first kappa shape index (κ1) is 19.2. The van der Waals surface area contributed by atoms with Crippen LogP contribution >= 0.6 is 34.3 Å². The molecule has 0 amide bonds. The van der Waals surface area contributed by atoms with Gasteiger partial charge in [-0.25, -0.2) is 4.79 Å². The highest BCUT2D eigenvalue weighted by atomic mass is 35.5. The number of carbonyl (C=O) groups is 2. The van der Waals surface area contributed by atoms with Gasteiger partial charge in [0, 0.05) is 0 Å². The normalized spacial score (nSPS) is 8.06. The van der Waals surface area contributed by atoms with Crippen molar-refractivity contribution in [3.05, 3.63) is 44.8 Å². The maximum atomic E-state index is 10.3. The molecule has 0 atom stereocenters. The maximum Gasteiger partial charge on any atom is 0.345 e. The van der Waals surface area contributed by atoms with Gasteiger partial charge < -0.3 is 5.11 Å². The van der Waals surface area contributed by atoms with Gasteiger partial charge in [-0.3, -0.25) is 4.79 Å². The minimum atomic E-state index is -0.847. The van der Waals surface area contributed by atoms with Crippen molar-refractivity contribution in [3.63, 3.8) is 0 Å². The predicted molar refractivity (Wildman–Crippen MR) is 79.2 cm³/mol. The van der Waals surface area contributed by atoms with Gasteiger partial charge in [-0.1, -0.05) is 27.0 Å². The molecule has 2 aromatic rings. The average Bonchev–Trinajstić information content (AvgIpc) is 2.93. The Hall–Kier alpha value is -1.17. The number of hydrogen-bond acceptors (Lipinski definition) is 4. The van der Waals surface area contributed by atoms with Gasteiger partial charge in [-0.05, 0) is 34.5 Å². The van der Waals surface area contributed by atoms with Crippen molar-refractivity contribution in [2.75, 3.05) is 0 Å². The molecule has 0 saturated heterocycles. The van der Waals surface area contributed by atoms with Crippen molar-refractivity contribution in [3.8, 4) is 0 Å². The van der Waals surface area contributed by atoms with Gasteiger partial charge in [0.05, 0.1) is 4.88 Å². The molecule has 100 valence electrons. The smallest absolute Gasteiger partial charge is 0.345 e. The largest absolute Gasteiger partial charge is 0.477 e. The van der Waals surface area contributed by atoms with Gasteiger partial charge in [0.1, 0.15) is 4.88 Å². The van der Waals surface area contributed by atoms with E-state index in [1.807, 2.05) is 5.38 Å². The zero-order valence-electron chi connectivity index (χ0n) is 7.92. The van der Waals surface area contributed by atoms with Crippen molar-refractivity contribution in [1.82, 2.24) is 0 Å². The lowest BCUT2D eigenvalue weighted by molar-refractivity contribution is 0.0702. The van der Waals surface area contributed by atoms with Crippen molar-refractivity contribution >= 4 is 45.5 Å². The fourth-order valence-corrected chi connectivity index (χ4v) is 2.10. The van der Waals surface area contributed by atoms with Crippen molar-refractivity contribution in [1.29, 1.82) is 0 Å². The van der Waals surface area contributed by atoms with Crippen LogP contribution in [0.25, 0.3) is 0 Å². The lowest BCUT2D eigenvalue weighted by Crippen LogP contribution is -1.89. The lowest BCUT2D eigenvalue weighted by atomic mass is 10.5. The summed E-state index contributed by atoms with van der Waals surface area (Å²) in [6.07, 6.45) is 0. The second kappa shape index (κ2) is 9.82. The Balaban J connectivity index is 0. The van der Waals surface area contributed by atoms with Crippen LogP contribution in [0.5, 0.6) is 0 Å². The Kier molecular flexibility index (Phi) is 10.5. The number of halogens is 1. The zero-order chi connectivity index (χ0) is 12.0. The van der Waals surface area contributed by atoms with Crippen LogP contribution in [0.2, 0.25) is 0 Å². The van der Waals surface area contributed by atoms with E-state index < -0.39 is 5.97 Å². The third-order valence-electron chi connectivity index (χ3n) is 1.45. The minimum absolute atomic E-state index is 0. The molecule has 0 fully saturated rings. The van der Waals surface area contributed by atoms with Gasteiger partial charge >= 0.3 is 5.97 Å². The molecule has 0 saturated carbocycles. The van der Waals surface area contributed by atoms with Crippen molar-refractivity contribution < 1.29 is 14.7 Å². The van der Waals surface area contributed by atoms with Gasteiger partial charge in [0.15, 0.2) is 0 Å². The summed E-state index contributed by atoms with van der Waals surface area (Å²) in [5, 5.41) is 11.5. The number of carbonyl (C=O) groups excluding carboxylic acids is 1. The lowest BCUT2D eigenvalue weighted by Gasteiger charge is -1.78. The Bertz CT molecular complexity index is 405. The average molecular weight is 307 g/mol. The Morgan fingerprint density at radius 1 is 1.00 bits per heavy atom. The molecule has 0 aliphatic carbocycles. The van der Waals surface area contributed by atoms with E-state index in [0.717, 1.165) is 0 Å². The fourth-order valence-electron chi connectivity index (χ4n) is 0.791. The third-order valence-corrected chi connectivity index (χ3v) is 3.49. The summed E-state index contributed by atoms with van der Waals surface area (Å²) in [6.45, 7) is 0. The summed E-state index contributed by atoms with van der Waals surface area (Å²) < 4.78 is 0. The maximum absolute atomic E-state index is 10.3. The highest BCUT2D eigenvalue weighted by molar-refractivity contribution is 7.14. The van der Waals surface area contributed by atoms with Gasteiger partial charge in [0.25, 0.3) is 5.24 Å². The molecule has 2 rings (SSSR count). The van der Waals surface area contributed by atoms with E-state index in [4.69, 9.17) is 16.7 Å². The van der Waals surface area contributed by atoms with Crippen LogP contribution in [-0.4, -0.2) is 16.3 Å². The number of carboxylic acids is 1. The van der Waals surface area contributed by atoms with E-state index in [9.17, 15) is 9.59 Å². The number of thiophene rings is 2. The van der Waals surface area contributed by atoms with Crippen LogP contribution < -0.4 is 0 Å². The summed E-state index contributed by atoms with van der Waals surface area (Å²) in [5.74, 6) is -0.847. The minimum Gasteiger partial charge on any atom is -0.477 e. The number of hydrogen-bond donors (Lipinski definition) is 1. The molecule has 0 aliphatic rings. The Morgan fingerprint density at radius 3 is 1.61 bits per heavy atom. The third kappa shape index (κ3) is 6.54. The molecule has 6 heteroatoms. The van der Waals surface area contributed by atoms with Crippen molar-refractivity contribution in [2.45, 2.75) is 14.9 Å². The molecule has 3 nitrogen and oxygen atoms in total. The van der Waals surface area contributed by atoms with Crippen LogP contribution in [0, 0.1) is 0 Å². The zero-order valence-corrected chi connectivity index (χ0v) is 10.3. The summed E-state index contributed by atoms with van der Waals surface area (Å²) in [7, 11) is 0. The van der Waals surface area contributed by atoms with Crippen LogP contribution in [0.4, 0.5) is 0 Å². The van der Waals surface area contributed by atoms with E-state index in [0.29, 0.717) is 9.75 Å². The molecule has 0 unspecified atom stereocenters. The van der Waals surface area contributed by atoms with E-state index >= 15 is 0 Å². The second-order valence-electron chi connectivity index (χ2n) is 2.53. The molecular formula is C12H15ClO3S2. The molecule has 2 heterocycles. The van der Waals surface area contributed by atoms with Crippen LogP contribution in [0.3, 0.4) is 0 Å². The monoisotopic (exact) mass is 306 g/mol. The summed E-state index contributed by atoms with van der Waals surface area (Å²) >= 11 is 7.70. The predicted octanol–water partition coefficient (Wildman–Crippen LogP) is 4.85. The first-order valence-electron chi connectivity index (χ1n) is 4.11. The molecular weight excluding hydrogens is 292 g/mol. The molecule has 0 aliphatic heterocycles. The second-order valence-corrected chi connectivity index (χ2v) is 4.77. The van der Waals surface area contributed by atoms with Crippen LogP contribution in [-0.2, 0) is 0 Å². The van der Waals surface area contributed by atoms with Crippen LogP contribution in [0.1, 0.15) is 34.2 Å². The van der Waals surface area contributed by atoms with E-state index in [2.05, 4.69) is 0 Å². The Morgan fingerprint density at radius 2 is 1.44 bits per heavy atom. The molecule has 1 N–H and O–H groups in total. The molecule has 0 radical (unpaired) electrons. The standard InChI is InChI=1S/C5H3ClOS.C5H4O2S.2CH4/c2*6-5(7)4-2-1-3-8-4;;/h1-3H;1-3H,(H,6,7);2*1H4. The number of carboxylic acid groups (broad SMARTS) is 1. The topological polar surface area (TPSA) is 54.4 Å². The highest BCUT2D eigenvalue weighted by Crippen LogP contribution is 2.10. The molecule has 0 bridgehead atoms. The van der Waals surface area contributed by atoms with Gasteiger partial charge in [-0.2, -0.15) is 0 Å². The van der Waals surface area contributed by atoms with Gasteiger partial charge in [0.2, 0.25) is 0 Å². The van der Waals surface area contributed by atoms with E-state index in [1.54, 1.807) is 29.6 Å². The van der Waals surface area contributed by atoms with Crippen molar-refractivity contribution in [2.24, 2.45) is 0 Å². The fraction of sp³-hybridized carbons (Fsp3) is 0.167. The van der Waals surface area contributed by atoms with E-state index in [-0.39, 0.29) is 20.1 Å². The van der Waals surface area contributed by atoms with Gasteiger partial charge in [-0.15, -0.1) is 22.7 Å². The Labute approximate surface area is 120 Å². The molecule has 2 aromatic heterocycles. The SMILES string of the molecule is C.C.O=C(Cl)c1cccs1.O=C(O)c1cccs1.